The molecule has 6 heteroatoms. The van der Waals surface area contributed by atoms with E-state index in [1.807, 2.05) is 0 Å². The fourth-order valence-electron chi connectivity index (χ4n) is 1.67. The Morgan fingerprint density at radius 3 is 1.60 bits per heavy atom. The van der Waals surface area contributed by atoms with E-state index in [0.29, 0.717) is 5.54 Å². The number of nitrogens with zero attached hydrogens (tertiary/aromatic N) is 1. The molecule has 0 saturated carbocycles. The van der Waals surface area contributed by atoms with Gasteiger partial charge in [0.2, 0.25) is 0 Å². The molecule has 1 heterocycles. The monoisotopic (exact) mass is 229 g/mol. The van der Waals surface area contributed by atoms with Gasteiger partial charge in [0.25, 0.3) is 0 Å². The van der Waals surface area contributed by atoms with Crippen LogP contribution < -0.4 is 0 Å². The highest BCUT2D eigenvalue weighted by Gasteiger charge is 2.38. The molecule has 92 valence electrons. The Kier molecular flexibility index (Phi) is 4.64. The molecule has 1 saturated heterocycles. The molecule has 0 atom stereocenters. The van der Waals surface area contributed by atoms with E-state index in [9.17, 15) is 17.3 Å². The van der Waals surface area contributed by atoms with E-state index in [1.165, 1.54) is 30.3 Å². The maximum absolute atomic E-state index is 9.75. The first kappa shape index (κ1) is 14.7. The lowest BCUT2D eigenvalue weighted by atomic mass is 9.89. The molecule has 15 heavy (non-hydrogen) atoms. The molecule has 0 aliphatic carbocycles. The SMILES string of the molecule is CC1(C)CCCC[N+]1(C)C.F[B-](F)(F)F. The molecule has 0 bridgehead atoms. The second-order valence-electron chi connectivity index (χ2n) is 5.17. The molecule has 0 spiro atoms. The average molecular weight is 229 g/mol. The molecule has 1 aliphatic rings. The van der Waals surface area contributed by atoms with Crippen molar-refractivity contribution in [2.75, 3.05) is 20.6 Å². The van der Waals surface area contributed by atoms with Gasteiger partial charge in [0.05, 0.1) is 26.2 Å². The Morgan fingerprint density at radius 1 is 1.00 bits per heavy atom. The van der Waals surface area contributed by atoms with E-state index in [1.54, 1.807) is 0 Å². The number of likely N-dealkylation sites (tertiary alicyclic amines) is 1. The standard InChI is InChI=1S/C9H20N.BF4/c1-9(2)7-5-6-8-10(9,3)4;2-1(3,4)5/h5-8H2,1-4H3;/q+1;-1. The highest BCUT2D eigenvalue weighted by atomic mass is 19.5. The van der Waals surface area contributed by atoms with Gasteiger partial charge in [-0.1, -0.05) is 0 Å². The first-order chi connectivity index (χ1) is 6.46. The fourth-order valence-corrected chi connectivity index (χ4v) is 1.67. The zero-order valence-corrected chi connectivity index (χ0v) is 9.86. The first-order valence-electron chi connectivity index (χ1n) is 5.16. The van der Waals surface area contributed by atoms with Crippen molar-refractivity contribution in [2.24, 2.45) is 0 Å². The lowest BCUT2D eigenvalue weighted by molar-refractivity contribution is -0.943. The molecule has 1 nitrogen and oxygen atoms in total. The second kappa shape index (κ2) is 4.72. The summed E-state index contributed by atoms with van der Waals surface area (Å²) in [5.41, 5.74) is 0.512. The van der Waals surface area contributed by atoms with Crippen LogP contribution >= 0.6 is 0 Å². The van der Waals surface area contributed by atoms with Gasteiger partial charge < -0.3 is 21.7 Å². The largest absolute Gasteiger partial charge is 0.673 e. The molecule has 1 rings (SSSR count). The van der Waals surface area contributed by atoms with E-state index < -0.39 is 7.25 Å². The maximum atomic E-state index is 9.75. The van der Waals surface area contributed by atoms with Crippen molar-refractivity contribution in [3.63, 3.8) is 0 Å². The zero-order chi connectivity index (χ0) is 12.3. The van der Waals surface area contributed by atoms with Crippen molar-refractivity contribution >= 4 is 7.25 Å². The zero-order valence-electron chi connectivity index (χ0n) is 9.86. The Balaban J connectivity index is 0.000000336. The Bertz CT molecular complexity index is 179. The molecule has 0 N–H and O–H groups in total. The van der Waals surface area contributed by atoms with E-state index in [2.05, 4.69) is 27.9 Å². The number of hydrogen-bond donors (Lipinski definition) is 0. The lowest BCUT2D eigenvalue weighted by Crippen LogP contribution is -2.58. The van der Waals surface area contributed by atoms with Crippen molar-refractivity contribution in [1.29, 1.82) is 0 Å². The Labute approximate surface area is 89.1 Å². The third-order valence-corrected chi connectivity index (χ3v) is 3.39. The molecular weight excluding hydrogens is 209 g/mol. The van der Waals surface area contributed by atoms with E-state index in [0.717, 1.165) is 0 Å². The molecule has 1 fully saturated rings. The minimum atomic E-state index is -6.00. The Morgan fingerprint density at radius 2 is 1.40 bits per heavy atom. The Hall–Kier alpha value is -0.255. The van der Waals surface area contributed by atoms with Crippen molar-refractivity contribution in [3.8, 4) is 0 Å². The van der Waals surface area contributed by atoms with Crippen LogP contribution in [0.25, 0.3) is 0 Å². The van der Waals surface area contributed by atoms with Gasteiger partial charge in [-0.15, -0.1) is 0 Å². The van der Waals surface area contributed by atoms with Crippen LogP contribution in [0, 0.1) is 0 Å². The highest BCUT2D eigenvalue weighted by molar-refractivity contribution is 6.50. The summed E-state index contributed by atoms with van der Waals surface area (Å²) in [6.07, 6.45) is 4.23. The number of rotatable bonds is 0. The molecule has 1 aliphatic heterocycles. The van der Waals surface area contributed by atoms with Gasteiger partial charge in [0.1, 0.15) is 0 Å². The van der Waals surface area contributed by atoms with Crippen LogP contribution in [0.15, 0.2) is 0 Å². The van der Waals surface area contributed by atoms with Crippen molar-refractivity contribution < 1.29 is 21.7 Å². The molecule has 0 amide bonds. The number of piperidine rings is 1. The minimum Gasteiger partial charge on any atom is -0.418 e. The predicted octanol–water partition coefficient (Wildman–Crippen LogP) is 3.33. The molecule has 0 radical (unpaired) electrons. The van der Waals surface area contributed by atoms with Crippen LogP contribution in [0.2, 0.25) is 0 Å². The minimum absolute atomic E-state index is 0.512. The third-order valence-electron chi connectivity index (χ3n) is 3.39. The van der Waals surface area contributed by atoms with Gasteiger partial charge in [-0.2, -0.15) is 0 Å². The molecule has 0 aromatic carbocycles. The number of halogens is 4. The fraction of sp³-hybridized carbons (Fsp3) is 1.00. The highest BCUT2D eigenvalue weighted by Crippen LogP contribution is 2.30. The quantitative estimate of drug-likeness (QED) is 0.339. The lowest BCUT2D eigenvalue weighted by Gasteiger charge is -2.48. The van der Waals surface area contributed by atoms with Gasteiger partial charge in [0.15, 0.2) is 0 Å². The topological polar surface area (TPSA) is 0 Å². The van der Waals surface area contributed by atoms with Gasteiger partial charge in [-0.3, -0.25) is 0 Å². The predicted molar refractivity (Wildman–Crippen MR) is 55.1 cm³/mol. The molecule has 0 unspecified atom stereocenters. The summed E-state index contributed by atoms with van der Waals surface area (Å²) in [5.74, 6) is 0. The van der Waals surface area contributed by atoms with Crippen LogP contribution in [-0.2, 0) is 0 Å². The van der Waals surface area contributed by atoms with Crippen LogP contribution in [0.3, 0.4) is 0 Å². The summed E-state index contributed by atoms with van der Waals surface area (Å²) in [5, 5.41) is 0. The van der Waals surface area contributed by atoms with Crippen LogP contribution in [-0.4, -0.2) is 37.9 Å². The maximum Gasteiger partial charge on any atom is 0.673 e. The second-order valence-corrected chi connectivity index (χ2v) is 5.17. The van der Waals surface area contributed by atoms with Crippen molar-refractivity contribution in [1.82, 2.24) is 0 Å². The summed E-state index contributed by atoms with van der Waals surface area (Å²) >= 11 is 0. The van der Waals surface area contributed by atoms with Crippen LogP contribution in [0.5, 0.6) is 0 Å². The first-order valence-corrected chi connectivity index (χ1v) is 5.16. The van der Waals surface area contributed by atoms with E-state index in [4.69, 9.17) is 0 Å². The molecular formula is C9H20BF4N. The van der Waals surface area contributed by atoms with E-state index in [-0.39, 0.29) is 0 Å². The molecule has 0 aromatic rings. The summed E-state index contributed by atoms with van der Waals surface area (Å²) in [7, 11) is -1.31. The van der Waals surface area contributed by atoms with Crippen molar-refractivity contribution in [3.05, 3.63) is 0 Å². The summed E-state index contributed by atoms with van der Waals surface area (Å²) in [6.45, 7) is 6.12. The van der Waals surface area contributed by atoms with Crippen molar-refractivity contribution in [2.45, 2.75) is 38.6 Å². The third kappa shape index (κ3) is 6.02. The summed E-state index contributed by atoms with van der Waals surface area (Å²) in [6, 6.07) is 0. The molecule has 0 aromatic heterocycles. The summed E-state index contributed by atoms with van der Waals surface area (Å²) in [4.78, 5) is 0. The van der Waals surface area contributed by atoms with Crippen LogP contribution in [0.4, 0.5) is 17.3 Å². The average Bonchev–Trinajstić information content (AvgIpc) is 1.92. The van der Waals surface area contributed by atoms with Gasteiger partial charge in [-0.05, 0) is 26.7 Å². The number of hydrogen-bond acceptors (Lipinski definition) is 0. The van der Waals surface area contributed by atoms with Gasteiger partial charge in [0, 0.05) is 6.42 Å². The normalized spacial score (nSPS) is 24.0. The van der Waals surface area contributed by atoms with E-state index >= 15 is 0 Å². The van der Waals surface area contributed by atoms with Gasteiger partial charge >= 0.3 is 7.25 Å². The summed E-state index contributed by atoms with van der Waals surface area (Å²) < 4.78 is 40.2. The van der Waals surface area contributed by atoms with Gasteiger partial charge in [-0.25, -0.2) is 0 Å². The smallest absolute Gasteiger partial charge is 0.418 e. The number of quaternary nitrogens is 1. The van der Waals surface area contributed by atoms with Crippen LogP contribution in [0.1, 0.15) is 33.1 Å².